The molecule has 0 bridgehead atoms. The third-order valence-corrected chi connectivity index (χ3v) is 7.43. The predicted molar refractivity (Wildman–Crippen MR) is 99.4 cm³/mol. The van der Waals surface area contributed by atoms with Gasteiger partial charge in [0, 0.05) is 16.5 Å². The average molecular weight is 377 g/mol. The number of ether oxygens (including phenoxy) is 1. The molecule has 6 heteroatoms. The molecule has 3 saturated heterocycles. The SMILES string of the molecule is CC(C)(C)c1c(-c2csc([N+]34C5C[C@H]3COC[C@H]4C5)n2)ccc(F)c1F. The summed E-state index contributed by atoms with van der Waals surface area (Å²) in [4.78, 5) is 4.95. The van der Waals surface area contributed by atoms with E-state index in [1.165, 1.54) is 18.9 Å². The second-order valence-corrected chi connectivity index (χ2v) is 9.69. The van der Waals surface area contributed by atoms with Crippen molar-refractivity contribution in [1.82, 2.24) is 9.47 Å². The van der Waals surface area contributed by atoms with Crippen LogP contribution < -0.4 is 4.48 Å². The van der Waals surface area contributed by atoms with Gasteiger partial charge >= 0.3 is 0 Å². The highest BCUT2D eigenvalue weighted by Gasteiger charge is 2.71. The zero-order chi connectivity index (χ0) is 18.3. The van der Waals surface area contributed by atoms with Gasteiger partial charge in [0.2, 0.25) is 0 Å². The zero-order valence-electron chi connectivity index (χ0n) is 15.3. The number of thiazole rings is 1. The van der Waals surface area contributed by atoms with Crippen LogP contribution in [0.1, 0.15) is 39.2 Å². The number of benzene rings is 1. The molecule has 0 amide bonds. The number of morpholine rings is 1. The number of hydrogen-bond acceptors (Lipinski definition) is 3. The van der Waals surface area contributed by atoms with E-state index in [9.17, 15) is 8.78 Å². The van der Waals surface area contributed by atoms with Crippen molar-refractivity contribution in [3.8, 4) is 11.3 Å². The van der Waals surface area contributed by atoms with Gasteiger partial charge in [0.1, 0.15) is 18.1 Å². The Bertz CT molecular complexity index is 870. The van der Waals surface area contributed by atoms with E-state index < -0.39 is 17.0 Å². The minimum atomic E-state index is -0.798. The molecule has 0 saturated carbocycles. The predicted octanol–water partition coefficient (Wildman–Crippen LogP) is 4.64. The van der Waals surface area contributed by atoms with Gasteiger partial charge in [0.05, 0.1) is 31.7 Å². The Labute approximate surface area is 156 Å². The van der Waals surface area contributed by atoms with Gasteiger partial charge in [0.25, 0.3) is 5.13 Å². The number of halogens is 2. The minimum absolute atomic E-state index is 0.404. The van der Waals surface area contributed by atoms with Crippen molar-refractivity contribution in [3.05, 3.63) is 34.7 Å². The first-order valence-electron chi connectivity index (χ1n) is 9.24. The molecule has 4 heterocycles. The van der Waals surface area contributed by atoms with Gasteiger partial charge in [-0.2, -0.15) is 4.98 Å². The Morgan fingerprint density at radius 3 is 2.42 bits per heavy atom. The van der Waals surface area contributed by atoms with E-state index in [4.69, 9.17) is 9.72 Å². The van der Waals surface area contributed by atoms with Gasteiger partial charge in [0.15, 0.2) is 11.6 Å². The quantitative estimate of drug-likeness (QED) is 0.712. The second kappa shape index (κ2) is 5.33. The van der Waals surface area contributed by atoms with E-state index in [2.05, 4.69) is 0 Å². The summed E-state index contributed by atoms with van der Waals surface area (Å²) in [6.45, 7) is 7.34. The Hall–Kier alpha value is -1.37. The van der Waals surface area contributed by atoms with E-state index in [1.807, 2.05) is 26.2 Å². The molecule has 2 aromatic rings. The molecular weight excluding hydrogens is 354 g/mol. The van der Waals surface area contributed by atoms with E-state index >= 15 is 0 Å². The fourth-order valence-corrected chi connectivity index (χ4v) is 6.47. The number of aromatic nitrogens is 1. The first kappa shape index (κ1) is 16.8. The van der Waals surface area contributed by atoms with Crippen LogP contribution in [0.5, 0.6) is 0 Å². The van der Waals surface area contributed by atoms with Crippen LogP contribution in [0.4, 0.5) is 13.9 Å². The molecule has 138 valence electrons. The third-order valence-electron chi connectivity index (χ3n) is 6.47. The van der Waals surface area contributed by atoms with Crippen LogP contribution in [0.2, 0.25) is 0 Å². The number of nitrogens with zero attached hydrogens (tertiary/aromatic N) is 2. The summed E-state index contributed by atoms with van der Waals surface area (Å²) in [6.07, 6.45) is 2.42. The molecule has 0 spiro atoms. The summed E-state index contributed by atoms with van der Waals surface area (Å²) in [5.74, 6) is -1.55. The van der Waals surface area contributed by atoms with E-state index in [-0.39, 0.29) is 0 Å². The van der Waals surface area contributed by atoms with Crippen LogP contribution in [-0.4, -0.2) is 36.3 Å². The standard InChI is InChI=1S/C20H23F2N2OS/c1-20(2,3)17-14(4-5-15(21)18(17)22)16-10-26-19(23-16)24-11-6-12(24)8-25-9-13(24)7-11/h4-5,10-13H,6-9H2,1-3H3/q+1/t11?,12-,13+,24?. The lowest BCUT2D eigenvalue weighted by Gasteiger charge is -2.69. The lowest BCUT2D eigenvalue weighted by atomic mass is 9.71. The Kier molecular flexibility index (Phi) is 3.44. The van der Waals surface area contributed by atoms with Gasteiger partial charge in [-0.3, -0.25) is 4.48 Å². The van der Waals surface area contributed by atoms with Gasteiger partial charge in [-0.25, -0.2) is 8.78 Å². The average Bonchev–Trinajstić information content (AvgIpc) is 2.99. The Morgan fingerprint density at radius 2 is 1.81 bits per heavy atom. The largest absolute Gasteiger partial charge is 0.369 e. The van der Waals surface area contributed by atoms with Crippen molar-refractivity contribution in [2.75, 3.05) is 13.2 Å². The molecule has 3 nitrogen and oxygen atoms in total. The fraction of sp³-hybridized carbons (Fsp3) is 0.550. The molecule has 3 aliphatic rings. The normalized spacial score (nSPS) is 32.6. The topological polar surface area (TPSA) is 22.1 Å². The van der Waals surface area contributed by atoms with Crippen molar-refractivity contribution in [2.24, 2.45) is 0 Å². The van der Waals surface area contributed by atoms with Crippen LogP contribution in [-0.2, 0) is 10.2 Å². The van der Waals surface area contributed by atoms with Gasteiger partial charge < -0.3 is 4.74 Å². The molecule has 5 rings (SSSR count). The van der Waals surface area contributed by atoms with E-state index in [0.29, 0.717) is 29.3 Å². The first-order chi connectivity index (χ1) is 12.3. The molecule has 1 aromatic heterocycles. The molecule has 0 radical (unpaired) electrons. The van der Waals surface area contributed by atoms with Crippen LogP contribution in [0, 0.1) is 11.6 Å². The molecule has 2 unspecified atom stereocenters. The lowest BCUT2D eigenvalue weighted by Crippen LogP contribution is -2.88. The summed E-state index contributed by atoms with van der Waals surface area (Å²) in [6, 6.07) is 4.58. The minimum Gasteiger partial charge on any atom is -0.369 e. The molecule has 0 aliphatic carbocycles. The Morgan fingerprint density at radius 1 is 1.12 bits per heavy atom. The summed E-state index contributed by atoms with van der Waals surface area (Å²) in [7, 11) is 0. The van der Waals surface area contributed by atoms with Crippen molar-refractivity contribution >= 4 is 16.5 Å². The van der Waals surface area contributed by atoms with E-state index in [1.54, 1.807) is 17.4 Å². The van der Waals surface area contributed by atoms with E-state index in [0.717, 1.165) is 28.5 Å². The fourth-order valence-electron chi connectivity index (χ4n) is 5.30. The molecule has 4 atom stereocenters. The number of piperidine rings is 1. The number of hydrogen-bond donors (Lipinski definition) is 0. The maximum absolute atomic E-state index is 14.6. The highest BCUT2D eigenvalue weighted by molar-refractivity contribution is 7.13. The summed E-state index contributed by atoms with van der Waals surface area (Å²) in [5.41, 5.74) is 1.37. The first-order valence-corrected chi connectivity index (χ1v) is 10.1. The monoisotopic (exact) mass is 377 g/mol. The molecule has 1 aromatic carbocycles. The van der Waals surface area contributed by atoms with Gasteiger partial charge in [-0.15, -0.1) is 0 Å². The number of rotatable bonds is 2. The van der Waals surface area contributed by atoms with Crippen LogP contribution in [0.15, 0.2) is 17.5 Å². The molecule has 3 aliphatic heterocycles. The summed E-state index contributed by atoms with van der Waals surface area (Å²) < 4.78 is 35.2. The lowest BCUT2D eigenvalue weighted by molar-refractivity contribution is -0.191. The second-order valence-electron chi connectivity index (χ2n) is 8.85. The molecule has 0 N–H and O–H groups in total. The highest BCUT2D eigenvalue weighted by atomic mass is 32.1. The van der Waals surface area contributed by atoms with Gasteiger partial charge in [-0.05, 0) is 17.5 Å². The maximum atomic E-state index is 14.6. The zero-order valence-corrected chi connectivity index (χ0v) is 16.1. The van der Waals surface area contributed by atoms with Crippen molar-refractivity contribution in [1.29, 1.82) is 0 Å². The summed E-state index contributed by atoms with van der Waals surface area (Å²) in [5, 5.41) is 3.12. The maximum Gasteiger partial charge on any atom is 0.287 e. The highest BCUT2D eigenvalue weighted by Crippen LogP contribution is 2.57. The third kappa shape index (κ3) is 2.01. The van der Waals surface area contributed by atoms with Crippen LogP contribution in [0.3, 0.4) is 0 Å². The van der Waals surface area contributed by atoms with Crippen molar-refractivity contribution in [2.45, 2.75) is 57.2 Å². The molecule has 3 fully saturated rings. The van der Waals surface area contributed by atoms with Crippen molar-refractivity contribution in [3.63, 3.8) is 0 Å². The van der Waals surface area contributed by atoms with Crippen molar-refractivity contribution < 1.29 is 13.5 Å². The van der Waals surface area contributed by atoms with Gasteiger partial charge in [-0.1, -0.05) is 32.1 Å². The summed E-state index contributed by atoms with van der Waals surface area (Å²) >= 11 is 1.66. The molecular formula is C20H23F2N2OS+. The van der Waals surface area contributed by atoms with Crippen LogP contribution >= 0.6 is 11.3 Å². The Balaban J connectivity index is 1.60. The number of quaternary nitrogens is 1. The van der Waals surface area contributed by atoms with Crippen LogP contribution in [0.25, 0.3) is 11.3 Å². The smallest absolute Gasteiger partial charge is 0.287 e. The molecule has 26 heavy (non-hydrogen) atoms.